The molecule has 0 atom stereocenters. The standard InChI is InChI=1S/C15H25N3OS.HI/c1-5-19-9-8-17-15(16-3)18-11-13-7-6-12(2)10-14(13)20-4;/h6-7,10H,5,8-9,11H2,1-4H3,(H2,16,17,18);1H. The lowest BCUT2D eigenvalue weighted by molar-refractivity contribution is 0.152. The van der Waals surface area contributed by atoms with E-state index >= 15 is 0 Å². The van der Waals surface area contributed by atoms with Crippen molar-refractivity contribution in [1.82, 2.24) is 10.6 Å². The largest absolute Gasteiger partial charge is 0.380 e. The van der Waals surface area contributed by atoms with Gasteiger partial charge < -0.3 is 15.4 Å². The molecule has 1 aromatic rings. The quantitative estimate of drug-likeness (QED) is 0.233. The lowest BCUT2D eigenvalue weighted by Gasteiger charge is -2.14. The first-order chi connectivity index (χ1) is 9.71. The van der Waals surface area contributed by atoms with Crippen molar-refractivity contribution in [2.45, 2.75) is 25.3 Å². The Kier molecular flexibility index (Phi) is 11.8. The van der Waals surface area contributed by atoms with E-state index in [1.54, 1.807) is 18.8 Å². The van der Waals surface area contributed by atoms with E-state index in [0.29, 0.717) is 6.61 Å². The summed E-state index contributed by atoms with van der Waals surface area (Å²) in [5.41, 5.74) is 2.58. The fourth-order valence-corrected chi connectivity index (χ4v) is 2.49. The Morgan fingerprint density at radius 1 is 1.33 bits per heavy atom. The van der Waals surface area contributed by atoms with E-state index in [9.17, 15) is 0 Å². The van der Waals surface area contributed by atoms with Crippen LogP contribution < -0.4 is 10.6 Å². The number of nitrogens with zero attached hydrogens (tertiary/aromatic N) is 1. The van der Waals surface area contributed by atoms with E-state index in [1.807, 2.05) is 6.92 Å². The highest BCUT2D eigenvalue weighted by molar-refractivity contribution is 14.0. The van der Waals surface area contributed by atoms with E-state index in [1.165, 1.54) is 16.0 Å². The van der Waals surface area contributed by atoms with Crippen LogP contribution in [0.15, 0.2) is 28.1 Å². The summed E-state index contributed by atoms with van der Waals surface area (Å²) in [4.78, 5) is 5.51. The monoisotopic (exact) mass is 423 g/mol. The van der Waals surface area contributed by atoms with Gasteiger partial charge >= 0.3 is 0 Å². The highest BCUT2D eigenvalue weighted by atomic mass is 127. The number of thioether (sulfide) groups is 1. The molecule has 4 nitrogen and oxygen atoms in total. The first-order valence-electron chi connectivity index (χ1n) is 6.87. The summed E-state index contributed by atoms with van der Waals surface area (Å²) in [5.74, 6) is 0.803. The van der Waals surface area contributed by atoms with Crippen LogP contribution >= 0.6 is 35.7 Å². The number of ether oxygens (including phenoxy) is 1. The van der Waals surface area contributed by atoms with Gasteiger partial charge in [0, 0.05) is 31.6 Å². The number of rotatable bonds is 7. The summed E-state index contributed by atoms with van der Waals surface area (Å²) in [7, 11) is 1.78. The van der Waals surface area contributed by atoms with Crippen molar-refractivity contribution >= 4 is 41.7 Å². The molecule has 6 heteroatoms. The number of guanidine groups is 1. The highest BCUT2D eigenvalue weighted by Gasteiger charge is 2.03. The van der Waals surface area contributed by atoms with E-state index < -0.39 is 0 Å². The average Bonchev–Trinajstić information content (AvgIpc) is 2.47. The maximum Gasteiger partial charge on any atom is 0.191 e. The Morgan fingerprint density at radius 3 is 2.71 bits per heavy atom. The molecule has 0 aliphatic carbocycles. The van der Waals surface area contributed by atoms with Crippen molar-refractivity contribution in [1.29, 1.82) is 0 Å². The maximum atomic E-state index is 5.29. The molecule has 0 saturated heterocycles. The number of aliphatic imine (C=N–C) groups is 1. The fourth-order valence-electron chi connectivity index (χ4n) is 1.78. The van der Waals surface area contributed by atoms with Crippen LogP contribution in [0.4, 0.5) is 0 Å². The highest BCUT2D eigenvalue weighted by Crippen LogP contribution is 2.21. The van der Waals surface area contributed by atoms with Gasteiger partial charge in [0.2, 0.25) is 0 Å². The minimum Gasteiger partial charge on any atom is -0.380 e. The molecule has 0 unspecified atom stereocenters. The van der Waals surface area contributed by atoms with Crippen LogP contribution in [0.1, 0.15) is 18.1 Å². The normalized spacial score (nSPS) is 11.0. The van der Waals surface area contributed by atoms with Crippen molar-refractivity contribution in [3.8, 4) is 0 Å². The van der Waals surface area contributed by atoms with Crippen molar-refractivity contribution in [2.24, 2.45) is 4.99 Å². The molecule has 0 spiro atoms. The second kappa shape index (κ2) is 12.1. The zero-order valence-electron chi connectivity index (χ0n) is 13.2. The van der Waals surface area contributed by atoms with E-state index in [4.69, 9.17) is 4.74 Å². The van der Waals surface area contributed by atoms with Crippen LogP contribution in [-0.2, 0) is 11.3 Å². The SMILES string of the molecule is CCOCCNC(=NC)NCc1ccc(C)cc1SC.I. The minimum atomic E-state index is 0. The predicted molar refractivity (Wildman–Crippen MR) is 103 cm³/mol. The smallest absolute Gasteiger partial charge is 0.191 e. The summed E-state index contributed by atoms with van der Waals surface area (Å²) in [6.45, 7) is 7.08. The van der Waals surface area contributed by atoms with Gasteiger partial charge in [-0.05, 0) is 37.3 Å². The number of hydrogen-bond acceptors (Lipinski definition) is 3. The summed E-state index contributed by atoms with van der Waals surface area (Å²) < 4.78 is 5.29. The summed E-state index contributed by atoms with van der Waals surface area (Å²) in [5, 5.41) is 6.56. The molecule has 0 aliphatic rings. The number of benzene rings is 1. The Hall–Kier alpha value is -0.470. The Balaban J connectivity index is 0.00000400. The molecule has 0 bridgehead atoms. The van der Waals surface area contributed by atoms with Gasteiger partial charge in [-0.15, -0.1) is 35.7 Å². The first-order valence-corrected chi connectivity index (χ1v) is 8.09. The second-order valence-electron chi connectivity index (χ2n) is 4.36. The van der Waals surface area contributed by atoms with Crippen molar-refractivity contribution in [3.63, 3.8) is 0 Å². The van der Waals surface area contributed by atoms with Crippen molar-refractivity contribution in [2.75, 3.05) is 33.1 Å². The molecular formula is C15H26IN3OS. The third-order valence-corrected chi connectivity index (χ3v) is 3.68. The van der Waals surface area contributed by atoms with Crippen molar-refractivity contribution < 1.29 is 4.74 Å². The molecule has 21 heavy (non-hydrogen) atoms. The van der Waals surface area contributed by atoms with Gasteiger partial charge in [0.05, 0.1) is 6.61 Å². The van der Waals surface area contributed by atoms with Crippen LogP contribution in [-0.4, -0.2) is 39.0 Å². The Bertz CT molecular complexity index is 441. The maximum absolute atomic E-state index is 5.29. The summed E-state index contributed by atoms with van der Waals surface area (Å²) >= 11 is 1.77. The van der Waals surface area contributed by atoms with E-state index in [0.717, 1.165) is 25.7 Å². The molecule has 0 fully saturated rings. The number of nitrogens with one attached hydrogen (secondary N) is 2. The van der Waals surface area contributed by atoms with Crippen LogP contribution in [0, 0.1) is 6.92 Å². The van der Waals surface area contributed by atoms with Gasteiger partial charge in [0.15, 0.2) is 5.96 Å². The van der Waals surface area contributed by atoms with Gasteiger partial charge in [0.1, 0.15) is 0 Å². The zero-order chi connectivity index (χ0) is 14.8. The van der Waals surface area contributed by atoms with Crippen LogP contribution in [0.5, 0.6) is 0 Å². The number of hydrogen-bond donors (Lipinski definition) is 2. The number of halogens is 1. The lowest BCUT2D eigenvalue weighted by atomic mass is 10.1. The number of aryl methyl sites for hydroxylation is 1. The topological polar surface area (TPSA) is 45.6 Å². The van der Waals surface area contributed by atoms with E-state index in [2.05, 4.69) is 47.0 Å². The van der Waals surface area contributed by atoms with Gasteiger partial charge in [-0.1, -0.05) is 12.1 Å². The Morgan fingerprint density at radius 2 is 2.10 bits per heavy atom. The van der Waals surface area contributed by atoms with Crippen molar-refractivity contribution in [3.05, 3.63) is 29.3 Å². The minimum absolute atomic E-state index is 0. The molecule has 0 amide bonds. The molecule has 0 aromatic heterocycles. The van der Waals surface area contributed by atoms with Gasteiger partial charge in [0.25, 0.3) is 0 Å². The summed E-state index contributed by atoms with van der Waals surface area (Å²) in [6, 6.07) is 6.52. The van der Waals surface area contributed by atoms with Gasteiger partial charge in [-0.3, -0.25) is 4.99 Å². The van der Waals surface area contributed by atoms with Crippen LogP contribution in [0.3, 0.4) is 0 Å². The molecule has 1 rings (SSSR count). The lowest BCUT2D eigenvalue weighted by Crippen LogP contribution is -2.38. The molecular weight excluding hydrogens is 397 g/mol. The third-order valence-electron chi connectivity index (χ3n) is 2.86. The molecule has 120 valence electrons. The zero-order valence-corrected chi connectivity index (χ0v) is 16.4. The predicted octanol–water partition coefficient (Wildman–Crippen LogP) is 3.04. The summed E-state index contributed by atoms with van der Waals surface area (Å²) in [6.07, 6.45) is 2.10. The average molecular weight is 423 g/mol. The molecule has 0 heterocycles. The molecule has 0 aliphatic heterocycles. The van der Waals surface area contributed by atoms with Crippen LogP contribution in [0.2, 0.25) is 0 Å². The first kappa shape index (κ1) is 20.5. The third kappa shape index (κ3) is 7.92. The fraction of sp³-hybridized carbons (Fsp3) is 0.533. The van der Waals surface area contributed by atoms with Crippen LogP contribution in [0.25, 0.3) is 0 Å². The molecule has 2 N–H and O–H groups in total. The molecule has 0 radical (unpaired) electrons. The molecule has 0 saturated carbocycles. The van der Waals surface area contributed by atoms with E-state index in [-0.39, 0.29) is 24.0 Å². The molecule has 1 aromatic carbocycles. The van der Waals surface area contributed by atoms with Gasteiger partial charge in [-0.25, -0.2) is 0 Å². The Labute approximate surface area is 149 Å². The second-order valence-corrected chi connectivity index (χ2v) is 5.21. The van der Waals surface area contributed by atoms with Gasteiger partial charge in [-0.2, -0.15) is 0 Å².